The van der Waals surface area contributed by atoms with Crippen molar-refractivity contribution < 1.29 is 22.6 Å². The van der Waals surface area contributed by atoms with E-state index in [0.29, 0.717) is 12.5 Å². The van der Waals surface area contributed by atoms with Crippen molar-refractivity contribution in [3.63, 3.8) is 0 Å². The van der Waals surface area contributed by atoms with Gasteiger partial charge in [-0.25, -0.2) is 0 Å². The van der Waals surface area contributed by atoms with E-state index in [2.05, 4.69) is 25.6 Å². The summed E-state index contributed by atoms with van der Waals surface area (Å²) in [6.45, 7) is 2.45. The van der Waals surface area contributed by atoms with E-state index in [1.165, 1.54) is 0 Å². The summed E-state index contributed by atoms with van der Waals surface area (Å²) in [6.07, 6.45) is -1.25. The molecule has 1 saturated heterocycles. The number of piperidine rings is 1. The molecular weight excluding hydrogens is 327 g/mol. The number of rotatable bonds is 8. The molecule has 1 aliphatic rings. The lowest BCUT2D eigenvalue weighted by Crippen LogP contribution is -2.38. The van der Waals surface area contributed by atoms with Crippen LogP contribution in [0.25, 0.3) is 0 Å². The Bertz CT molecular complexity index is 234. The molecule has 0 bridgehead atoms. The Balaban J connectivity index is 1.97. The van der Waals surface area contributed by atoms with Crippen molar-refractivity contribution in [3.05, 3.63) is 0 Å². The first-order valence-electron chi connectivity index (χ1n) is 6.55. The van der Waals surface area contributed by atoms with Gasteiger partial charge in [0.15, 0.2) is 0 Å². The van der Waals surface area contributed by atoms with Crippen LogP contribution in [0.15, 0.2) is 0 Å². The molecule has 114 valence electrons. The second kappa shape index (κ2) is 9.15. The van der Waals surface area contributed by atoms with Gasteiger partial charge in [-0.1, -0.05) is 15.9 Å². The minimum atomic E-state index is -4.22. The van der Waals surface area contributed by atoms with Gasteiger partial charge in [-0.3, -0.25) is 0 Å². The Morgan fingerprint density at radius 3 is 2.42 bits per heavy atom. The zero-order valence-electron chi connectivity index (χ0n) is 10.9. The van der Waals surface area contributed by atoms with Gasteiger partial charge in [0.25, 0.3) is 0 Å². The minimum Gasteiger partial charge on any atom is -0.377 e. The summed E-state index contributed by atoms with van der Waals surface area (Å²) in [4.78, 5) is 2.25. The second-order valence-corrected chi connectivity index (χ2v) is 5.42. The van der Waals surface area contributed by atoms with Gasteiger partial charge in [-0.05, 0) is 19.3 Å². The average molecular weight is 348 g/mol. The number of hydrogen-bond donors (Lipinski definition) is 0. The normalized spacial score (nSPS) is 18.9. The standard InChI is InChI=1S/C12H21BrF3NO2/c13-4-9-19-11-2-6-17(7-3-11)5-1-8-18-10-12(14,15)16/h11H,1-10H2. The lowest BCUT2D eigenvalue weighted by atomic mass is 10.1. The van der Waals surface area contributed by atoms with E-state index in [1.54, 1.807) is 0 Å². The molecule has 1 rings (SSSR count). The maximum Gasteiger partial charge on any atom is 0.411 e. The zero-order valence-corrected chi connectivity index (χ0v) is 12.5. The van der Waals surface area contributed by atoms with E-state index < -0.39 is 12.8 Å². The van der Waals surface area contributed by atoms with Gasteiger partial charge in [-0.2, -0.15) is 13.2 Å². The Kier molecular flexibility index (Phi) is 8.29. The van der Waals surface area contributed by atoms with E-state index in [0.717, 1.165) is 44.4 Å². The number of likely N-dealkylation sites (tertiary alicyclic amines) is 1. The molecule has 0 radical (unpaired) electrons. The van der Waals surface area contributed by atoms with Crippen molar-refractivity contribution in [2.45, 2.75) is 31.5 Å². The van der Waals surface area contributed by atoms with Crippen LogP contribution in [0.1, 0.15) is 19.3 Å². The largest absolute Gasteiger partial charge is 0.411 e. The number of halogens is 4. The smallest absolute Gasteiger partial charge is 0.377 e. The third kappa shape index (κ3) is 8.83. The fourth-order valence-electron chi connectivity index (χ4n) is 2.09. The van der Waals surface area contributed by atoms with Crippen LogP contribution in [0, 0.1) is 0 Å². The van der Waals surface area contributed by atoms with Crippen molar-refractivity contribution in [3.8, 4) is 0 Å². The number of nitrogens with zero attached hydrogens (tertiary/aromatic N) is 1. The maximum atomic E-state index is 11.8. The highest BCUT2D eigenvalue weighted by atomic mass is 79.9. The van der Waals surface area contributed by atoms with E-state index in [9.17, 15) is 13.2 Å². The van der Waals surface area contributed by atoms with Crippen LogP contribution in [0.3, 0.4) is 0 Å². The molecule has 0 saturated carbocycles. The van der Waals surface area contributed by atoms with Gasteiger partial charge in [-0.15, -0.1) is 0 Å². The quantitative estimate of drug-likeness (QED) is 0.497. The highest BCUT2D eigenvalue weighted by Crippen LogP contribution is 2.15. The number of hydrogen-bond acceptors (Lipinski definition) is 3. The Morgan fingerprint density at radius 1 is 1.16 bits per heavy atom. The molecule has 1 aliphatic heterocycles. The second-order valence-electron chi connectivity index (χ2n) is 4.62. The highest BCUT2D eigenvalue weighted by Gasteiger charge is 2.27. The van der Waals surface area contributed by atoms with Crippen LogP contribution in [0.4, 0.5) is 13.2 Å². The summed E-state index contributed by atoms with van der Waals surface area (Å²) in [7, 11) is 0. The summed E-state index contributed by atoms with van der Waals surface area (Å²) in [5, 5.41) is 0.851. The van der Waals surface area contributed by atoms with Crippen LogP contribution in [-0.4, -0.2) is 62.0 Å². The predicted octanol–water partition coefficient (Wildman–Crippen LogP) is 2.83. The van der Waals surface area contributed by atoms with Gasteiger partial charge in [0, 0.05) is 31.6 Å². The average Bonchev–Trinajstić information content (AvgIpc) is 2.36. The Labute approximate surface area is 120 Å². The molecule has 0 amide bonds. The fraction of sp³-hybridized carbons (Fsp3) is 1.00. The summed E-state index contributed by atoms with van der Waals surface area (Å²) >= 11 is 3.32. The van der Waals surface area contributed by atoms with Gasteiger partial charge < -0.3 is 14.4 Å². The van der Waals surface area contributed by atoms with Gasteiger partial charge in [0.2, 0.25) is 0 Å². The zero-order chi connectivity index (χ0) is 14.1. The van der Waals surface area contributed by atoms with E-state index in [4.69, 9.17) is 4.74 Å². The van der Waals surface area contributed by atoms with Gasteiger partial charge in [0.1, 0.15) is 6.61 Å². The van der Waals surface area contributed by atoms with Crippen molar-refractivity contribution in [2.75, 3.05) is 44.8 Å². The minimum absolute atomic E-state index is 0.166. The molecule has 3 nitrogen and oxygen atoms in total. The first-order chi connectivity index (χ1) is 9.01. The molecule has 1 heterocycles. The first kappa shape index (κ1) is 17.2. The summed E-state index contributed by atoms with van der Waals surface area (Å²) in [6, 6.07) is 0. The molecule has 0 spiro atoms. The van der Waals surface area contributed by atoms with Crippen LogP contribution >= 0.6 is 15.9 Å². The molecule has 0 aliphatic carbocycles. The lowest BCUT2D eigenvalue weighted by Gasteiger charge is -2.31. The third-order valence-electron chi connectivity index (χ3n) is 2.99. The fourth-order valence-corrected chi connectivity index (χ4v) is 2.28. The monoisotopic (exact) mass is 347 g/mol. The van der Waals surface area contributed by atoms with Gasteiger partial charge in [0.05, 0.1) is 12.7 Å². The highest BCUT2D eigenvalue weighted by molar-refractivity contribution is 9.09. The maximum absolute atomic E-state index is 11.8. The first-order valence-corrected chi connectivity index (χ1v) is 7.68. The Morgan fingerprint density at radius 2 is 1.84 bits per heavy atom. The molecule has 0 N–H and O–H groups in total. The molecule has 0 unspecified atom stereocenters. The molecule has 0 aromatic carbocycles. The van der Waals surface area contributed by atoms with Crippen LogP contribution in [0.5, 0.6) is 0 Å². The van der Waals surface area contributed by atoms with Crippen LogP contribution in [-0.2, 0) is 9.47 Å². The molecule has 19 heavy (non-hydrogen) atoms. The molecule has 0 atom stereocenters. The third-order valence-corrected chi connectivity index (χ3v) is 3.32. The predicted molar refractivity (Wildman–Crippen MR) is 70.7 cm³/mol. The summed E-state index contributed by atoms with van der Waals surface area (Å²) in [5.74, 6) is 0. The molecule has 0 aromatic heterocycles. The number of alkyl halides is 4. The lowest BCUT2D eigenvalue weighted by molar-refractivity contribution is -0.174. The SMILES string of the molecule is FC(F)(F)COCCCN1CCC(OCCBr)CC1. The summed E-state index contributed by atoms with van der Waals surface area (Å²) in [5.41, 5.74) is 0. The molecular formula is C12H21BrF3NO2. The molecule has 7 heteroatoms. The van der Waals surface area contributed by atoms with Crippen molar-refractivity contribution in [1.82, 2.24) is 4.90 Å². The topological polar surface area (TPSA) is 21.7 Å². The van der Waals surface area contributed by atoms with E-state index in [1.807, 2.05) is 0 Å². The van der Waals surface area contributed by atoms with Crippen LogP contribution < -0.4 is 0 Å². The van der Waals surface area contributed by atoms with Crippen LogP contribution in [0.2, 0.25) is 0 Å². The molecule has 1 fully saturated rings. The van der Waals surface area contributed by atoms with Gasteiger partial charge >= 0.3 is 6.18 Å². The summed E-state index contributed by atoms with van der Waals surface area (Å²) < 4.78 is 45.7. The van der Waals surface area contributed by atoms with E-state index >= 15 is 0 Å². The number of ether oxygens (including phenoxy) is 2. The van der Waals surface area contributed by atoms with Crippen molar-refractivity contribution in [2.24, 2.45) is 0 Å². The molecule has 0 aromatic rings. The van der Waals surface area contributed by atoms with Crippen molar-refractivity contribution >= 4 is 15.9 Å². The Hall–Kier alpha value is 0.150. The van der Waals surface area contributed by atoms with E-state index in [-0.39, 0.29) is 6.61 Å². The van der Waals surface area contributed by atoms with Crippen molar-refractivity contribution in [1.29, 1.82) is 0 Å².